The monoisotopic (exact) mass is 588 g/mol. The molecule has 41 heavy (non-hydrogen) atoms. The summed E-state index contributed by atoms with van der Waals surface area (Å²) in [4.78, 5) is 43.9. The third-order valence-electron chi connectivity index (χ3n) is 6.14. The number of aromatic nitrogens is 4. The maximum atomic E-state index is 11.8. The van der Waals surface area contributed by atoms with E-state index in [9.17, 15) is 9.59 Å². The Bertz CT molecular complexity index is 1190. The Morgan fingerprint density at radius 3 is 2.37 bits per heavy atom. The van der Waals surface area contributed by atoms with Crippen molar-refractivity contribution in [2.75, 3.05) is 49.8 Å². The van der Waals surface area contributed by atoms with Gasteiger partial charge in [0.1, 0.15) is 22.1 Å². The van der Waals surface area contributed by atoms with E-state index >= 15 is 0 Å². The molecule has 0 radical (unpaired) electrons. The highest BCUT2D eigenvalue weighted by molar-refractivity contribution is 7.99. The molecular formula is C27H40N8O5S. The number of anilines is 3. The zero-order valence-corrected chi connectivity index (χ0v) is 25.2. The molecule has 13 nitrogen and oxygen atoms in total. The number of nitrogens with two attached hydrogens (primary N) is 1. The minimum absolute atomic E-state index is 0.180. The van der Waals surface area contributed by atoms with Gasteiger partial charge in [0, 0.05) is 25.7 Å². The van der Waals surface area contributed by atoms with Gasteiger partial charge in [0.15, 0.2) is 5.16 Å². The number of piperidine rings is 1. The topological polar surface area (TPSA) is 167 Å². The van der Waals surface area contributed by atoms with E-state index in [1.165, 1.54) is 20.3 Å². The molecule has 0 bridgehead atoms. The number of nitrogens with one attached hydrogen (secondary N) is 2. The van der Waals surface area contributed by atoms with E-state index < -0.39 is 11.5 Å². The van der Waals surface area contributed by atoms with Crippen LogP contribution in [-0.2, 0) is 9.53 Å². The number of unbranched alkanes of at least 4 members (excludes halogenated alkanes) is 1. The van der Waals surface area contributed by atoms with Gasteiger partial charge in [-0.1, -0.05) is 19.4 Å². The molecule has 1 fully saturated rings. The Balaban J connectivity index is 1.58. The Morgan fingerprint density at radius 2 is 1.78 bits per heavy atom. The minimum Gasteiger partial charge on any atom is -0.480 e. The van der Waals surface area contributed by atoms with Gasteiger partial charge >= 0.3 is 6.09 Å². The Labute approximate surface area is 245 Å². The number of carbonyl (C=O) groups is 2. The van der Waals surface area contributed by atoms with E-state index in [2.05, 4.69) is 42.0 Å². The van der Waals surface area contributed by atoms with Crippen LogP contribution in [0.1, 0.15) is 52.9 Å². The summed E-state index contributed by atoms with van der Waals surface area (Å²) < 4.78 is 16.4. The Hall–Kier alpha value is -3.81. The average molecular weight is 589 g/mol. The minimum atomic E-state index is -0.491. The van der Waals surface area contributed by atoms with Crippen molar-refractivity contribution in [1.29, 1.82) is 0 Å². The number of nitrogen functional groups attached to an aromatic ring is 1. The molecule has 2 aromatic heterocycles. The van der Waals surface area contributed by atoms with Gasteiger partial charge in [-0.3, -0.25) is 4.79 Å². The van der Waals surface area contributed by atoms with Crippen molar-refractivity contribution in [2.45, 2.75) is 68.5 Å². The van der Waals surface area contributed by atoms with Crippen LogP contribution in [0, 0.1) is 5.92 Å². The molecule has 1 aliphatic rings. The lowest BCUT2D eigenvalue weighted by Crippen LogP contribution is -2.35. The molecule has 14 heteroatoms. The molecule has 0 atom stereocenters. The number of hydrogen-bond acceptors (Lipinski definition) is 12. The van der Waals surface area contributed by atoms with Gasteiger partial charge in [0.25, 0.3) is 0 Å². The molecule has 3 heterocycles. The fraction of sp³-hybridized carbons (Fsp3) is 0.556. The third kappa shape index (κ3) is 9.95. The second-order valence-electron chi connectivity index (χ2n) is 10.5. The van der Waals surface area contributed by atoms with Crippen LogP contribution < -0.4 is 30.7 Å². The molecule has 2 aromatic rings. The summed E-state index contributed by atoms with van der Waals surface area (Å²) in [5, 5.41) is 5.66. The Kier molecular flexibility index (Phi) is 11.4. The highest BCUT2D eigenvalue weighted by atomic mass is 32.2. The van der Waals surface area contributed by atoms with E-state index in [1.807, 2.05) is 20.8 Å². The van der Waals surface area contributed by atoms with E-state index in [1.54, 1.807) is 0 Å². The second kappa shape index (κ2) is 14.7. The van der Waals surface area contributed by atoms with Gasteiger partial charge in [0.05, 0.1) is 14.2 Å². The van der Waals surface area contributed by atoms with Gasteiger partial charge in [-0.25, -0.2) is 14.8 Å². The molecule has 0 saturated carbocycles. The van der Waals surface area contributed by atoms with Gasteiger partial charge in [-0.15, -0.1) is 0 Å². The van der Waals surface area contributed by atoms with Crippen LogP contribution in [0.15, 0.2) is 28.8 Å². The molecule has 0 spiro atoms. The smallest absolute Gasteiger partial charge is 0.407 e. The fourth-order valence-electron chi connectivity index (χ4n) is 4.21. The summed E-state index contributed by atoms with van der Waals surface area (Å²) in [6.45, 7) is 11.2. The van der Waals surface area contributed by atoms with Crippen molar-refractivity contribution >= 4 is 41.3 Å². The maximum absolute atomic E-state index is 11.8. The zero-order chi connectivity index (χ0) is 30.0. The van der Waals surface area contributed by atoms with Crippen LogP contribution in [-0.4, -0.2) is 71.4 Å². The van der Waals surface area contributed by atoms with Crippen LogP contribution >= 0.6 is 11.8 Å². The predicted octanol–water partition coefficient (Wildman–Crippen LogP) is 4.05. The standard InChI is InChI=1S/C27H40N8O5S/c1-7-20(36)31-19-16-18(28)30-25(32-19)41-21-22(38-5)33-24(34-23(21)39-6)35-14-11-17(12-15-35)10-8-9-13-29-26(37)40-27(2,3)4/h7,16-17H,1,8-15H2,2-6H3,(H,29,37)(H3,28,30,31,32,36). The number of amides is 2. The third-order valence-corrected chi connectivity index (χ3v) is 7.06. The number of ether oxygens (including phenoxy) is 3. The molecule has 224 valence electrons. The summed E-state index contributed by atoms with van der Waals surface area (Å²) in [6.07, 6.45) is 5.84. The average Bonchev–Trinajstić information content (AvgIpc) is 2.91. The first-order valence-electron chi connectivity index (χ1n) is 13.5. The lowest BCUT2D eigenvalue weighted by Gasteiger charge is -2.32. The molecule has 0 aliphatic carbocycles. The first-order valence-corrected chi connectivity index (χ1v) is 14.3. The van der Waals surface area contributed by atoms with Crippen LogP contribution in [0.4, 0.5) is 22.4 Å². The fourth-order valence-corrected chi connectivity index (χ4v) is 5.12. The van der Waals surface area contributed by atoms with Gasteiger partial charge < -0.3 is 35.5 Å². The molecule has 0 unspecified atom stereocenters. The van der Waals surface area contributed by atoms with Crippen molar-refractivity contribution in [3.05, 3.63) is 18.7 Å². The van der Waals surface area contributed by atoms with Crippen LogP contribution in [0.25, 0.3) is 0 Å². The first kappa shape index (κ1) is 31.7. The molecule has 4 N–H and O–H groups in total. The first-order chi connectivity index (χ1) is 19.5. The van der Waals surface area contributed by atoms with Crippen LogP contribution in [0.2, 0.25) is 0 Å². The highest BCUT2D eigenvalue weighted by Gasteiger charge is 2.25. The van der Waals surface area contributed by atoms with Crippen molar-refractivity contribution in [2.24, 2.45) is 5.92 Å². The zero-order valence-electron chi connectivity index (χ0n) is 24.4. The van der Waals surface area contributed by atoms with Crippen LogP contribution in [0.3, 0.4) is 0 Å². The van der Waals surface area contributed by atoms with Gasteiger partial charge in [-0.05, 0) is 63.8 Å². The van der Waals surface area contributed by atoms with Crippen molar-refractivity contribution in [3.8, 4) is 11.8 Å². The molecule has 1 saturated heterocycles. The highest BCUT2D eigenvalue weighted by Crippen LogP contribution is 2.40. The van der Waals surface area contributed by atoms with Crippen molar-refractivity contribution < 1.29 is 23.8 Å². The molecule has 1 aliphatic heterocycles. The van der Waals surface area contributed by atoms with Gasteiger partial charge in [-0.2, -0.15) is 9.97 Å². The number of alkyl carbamates (subject to hydrolysis) is 1. The molecule has 2 amide bonds. The van der Waals surface area contributed by atoms with E-state index in [0.29, 0.717) is 35.1 Å². The summed E-state index contributed by atoms with van der Waals surface area (Å²) in [5.41, 5.74) is 5.43. The van der Waals surface area contributed by atoms with Crippen molar-refractivity contribution in [3.63, 3.8) is 0 Å². The second-order valence-corrected chi connectivity index (χ2v) is 11.5. The van der Waals surface area contributed by atoms with E-state index in [0.717, 1.165) is 63.0 Å². The SMILES string of the molecule is C=CC(=O)Nc1cc(N)nc(Sc2c(OC)nc(N3CCC(CCCCNC(=O)OC(C)(C)C)CC3)nc2OC)n1. The van der Waals surface area contributed by atoms with Crippen LogP contribution in [0.5, 0.6) is 11.8 Å². The largest absolute Gasteiger partial charge is 0.480 e. The lowest BCUT2D eigenvalue weighted by atomic mass is 9.92. The number of methoxy groups -OCH3 is 2. The molecule has 0 aromatic carbocycles. The molecular weight excluding hydrogens is 548 g/mol. The number of hydrogen-bond donors (Lipinski definition) is 3. The summed E-state index contributed by atoms with van der Waals surface area (Å²) >= 11 is 1.12. The summed E-state index contributed by atoms with van der Waals surface area (Å²) in [7, 11) is 3.05. The molecule has 3 rings (SSSR count). The van der Waals surface area contributed by atoms with Crippen molar-refractivity contribution in [1.82, 2.24) is 25.3 Å². The Morgan fingerprint density at radius 1 is 1.12 bits per heavy atom. The predicted molar refractivity (Wildman–Crippen MR) is 158 cm³/mol. The lowest BCUT2D eigenvalue weighted by molar-refractivity contribution is -0.111. The number of carbonyl (C=O) groups excluding carboxylic acids is 2. The quantitative estimate of drug-likeness (QED) is 0.185. The number of nitrogens with zero attached hydrogens (tertiary/aromatic N) is 5. The number of rotatable bonds is 12. The summed E-state index contributed by atoms with van der Waals surface area (Å²) in [5.74, 6) is 1.76. The summed E-state index contributed by atoms with van der Waals surface area (Å²) in [6, 6.07) is 1.45. The van der Waals surface area contributed by atoms with E-state index in [4.69, 9.17) is 19.9 Å². The normalized spacial score (nSPS) is 13.8. The van der Waals surface area contributed by atoms with E-state index in [-0.39, 0.29) is 22.9 Å². The maximum Gasteiger partial charge on any atom is 0.407 e. The van der Waals surface area contributed by atoms with Gasteiger partial charge in [0.2, 0.25) is 23.6 Å².